The van der Waals surface area contributed by atoms with Gasteiger partial charge in [-0.1, -0.05) is 24.3 Å². The van der Waals surface area contributed by atoms with Gasteiger partial charge in [-0.3, -0.25) is 4.79 Å². The van der Waals surface area contributed by atoms with Crippen LogP contribution in [0.3, 0.4) is 0 Å². The molecule has 2 aromatic rings. The summed E-state index contributed by atoms with van der Waals surface area (Å²) in [4.78, 5) is 16.2. The topological polar surface area (TPSA) is 88.2 Å². The van der Waals surface area contributed by atoms with E-state index in [1.54, 1.807) is 12.1 Å². The largest absolute Gasteiger partial charge is 0.397 e. The van der Waals surface area contributed by atoms with E-state index in [9.17, 15) is 9.90 Å². The molecule has 102 valence electrons. The van der Waals surface area contributed by atoms with Crippen LogP contribution in [-0.2, 0) is 6.42 Å². The van der Waals surface area contributed by atoms with Crippen LogP contribution in [0.25, 0.3) is 0 Å². The van der Waals surface area contributed by atoms with Crippen LogP contribution in [-0.4, -0.2) is 22.1 Å². The van der Waals surface area contributed by atoms with E-state index in [0.717, 1.165) is 11.1 Å². The first-order valence-corrected chi connectivity index (χ1v) is 6.44. The Bertz CT molecular complexity index is 657. The zero-order chi connectivity index (χ0) is 14.1. The van der Waals surface area contributed by atoms with Crippen LogP contribution in [0.2, 0.25) is 0 Å². The van der Waals surface area contributed by atoms with Crippen LogP contribution in [0.5, 0.6) is 0 Å². The maximum Gasteiger partial charge on any atom is 0.272 e. The van der Waals surface area contributed by atoms with E-state index < -0.39 is 12.1 Å². The molecule has 0 unspecified atom stereocenters. The molecule has 0 fully saturated rings. The molecule has 1 amide bonds. The molecule has 5 nitrogen and oxygen atoms in total. The highest BCUT2D eigenvalue weighted by atomic mass is 16.3. The van der Waals surface area contributed by atoms with Crippen LogP contribution >= 0.6 is 0 Å². The lowest BCUT2D eigenvalue weighted by Crippen LogP contribution is -2.34. The molecule has 1 aromatic heterocycles. The lowest BCUT2D eigenvalue weighted by Gasteiger charge is -2.18. The van der Waals surface area contributed by atoms with E-state index in [1.165, 1.54) is 6.20 Å². The van der Waals surface area contributed by atoms with Gasteiger partial charge in [0.15, 0.2) is 5.69 Å². The van der Waals surface area contributed by atoms with Gasteiger partial charge in [0.05, 0.1) is 17.8 Å². The fraction of sp³-hybridized carbons (Fsp3) is 0.200. The van der Waals surface area contributed by atoms with E-state index in [4.69, 9.17) is 5.73 Å². The molecule has 1 aliphatic carbocycles. The molecule has 5 heteroatoms. The molecule has 1 heterocycles. The van der Waals surface area contributed by atoms with Crippen molar-refractivity contribution in [2.45, 2.75) is 18.6 Å². The first-order valence-electron chi connectivity index (χ1n) is 6.44. The number of rotatable bonds is 2. The van der Waals surface area contributed by atoms with Crippen LogP contribution in [0.1, 0.15) is 27.7 Å². The number of aromatic nitrogens is 1. The molecule has 20 heavy (non-hydrogen) atoms. The number of nitrogens with one attached hydrogen (secondary N) is 1. The zero-order valence-electron chi connectivity index (χ0n) is 10.8. The predicted molar refractivity (Wildman–Crippen MR) is 75.0 cm³/mol. The van der Waals surface area contributed by atoms with E-state index in [2.05, 4.69) is 10.3 Å². The number of hydrogen-bond donors (Lipinski definition) is 3. The lowest BCUT2D eigenvalue weighted by atomic mass is 10.1. The number of carbonyl (C=O) groups is 1. The molecule has 3 rings (SSSR count). The molecule has 1 aromatic carbocycles. The van der Waals surface area contributed by atoms with Gasteiger partial charge in [0.1, 0.15) is 0 Å². The Hall–Kier alpha value is -2.40. The summed E-state index contributed by atoms with van der Waals surface area (Å²) in [5, 5.41) is 12.9. The van der Waals surface area contributed by atoms with Crippen LogP contribution < -0.4 is 11.1 Å². The van der Waals surface area contributed by atoms with Crippen molar-refractivity contribution in [3.63, 3.8) is 0 Å². The minimum atomic E-state index is -0.624. The Morgan fingerprint density at radius 1 is 1.30 bits per heavy atom. The molecule has 0 radical (unpaired) electrons. The van der Waals surface area contributed by atoms with Gasteiger partial charge in [-0.2, -0.15) is 0 Å². The van der Waals surface area contributed by atoms with E-state index in [-0.39, 0.29) is 11.6 Å². The van der Waals surface area contributed by atoms with Crippen molar-refractivity contribution >= 4 is 11.6 Å². The lowest BCUT2D eigenvalue weighted by molar-refractivity contribution is 0.0854. The minimum absolute atomic E-state index is 0.184. The zero-order valence-corrected chi connectivity index (χ0v) is 10.8. The van der Waals surface area contributed by atoms with Gasteiger partial charge in [-0.25, -0.2) is 4.98 Å². The molecule has 0 bridgehead atoms. The summed E-state index contributed by atoms with van der Waals surface area (Å²) >= 11 is 0. The summed E-state index contributed by atoms with van der Waals surface area (Å²) < 4.78 is 0. The Morgan fingerprint density at radius 2 is 2.10 bits per heavy atom. The second-order valence-electron chi connectivity index (χ2n) is 4.86. The number of pyridine rings is 1. The van der Waals surface area contributed by atoms with Crippen LogP contribution in [0, 0.1) is 0 Å². The number of anilines is 1. The Morgan fingerprint density at radius 3 is 2.90 bits per heavy atom. The average molecular weight is 269 g/mol. The number of benzene rings is 1. The quantitative estimate of drug-likeness (QED) is 0.760. The normalized spacial score (nSPS) is 20.4. The highest BCUT2D eigenvalue weighted by molar-refractivity contribution is 5.97. The van der Waals surface area contributed by atoms with Gasteiger partial charge in [-0.15, -0.1) is 0 Å². The maximum atomic E-state index is 12.2. The molecular formula is C15H15N3O2. The number of aliphatic hydroxyl groups is 1. The molecule has 2 atom stereocenters. The third-order valence-corrected chi connectivity index (χ3v) is 3.54. The Kier molecular flexibility index (Phi) is 3.12. The molecule has 1 aliphatic rings. The SMILES string of the molecule is Nc1cccnc1C(=O)N[C@H]1c2ccccc2C[C@H]1O. The Balaban J connectivity index is 1.85. The second kappa shape index (κ2) is 4.94. The molecule has 0 saturated heterocycles. The van der Waals surface area contributed by atoms with Crippen LogP contribution in [0.15, 0.2) is 42.6 Å². The van der Waals surface area contributed by atoms with Crippen molar-refractivity contribution in [2.24, 2.45) is 0 Å². The monoisotopic (exact) mass is 269 g/mol. The van der Waals surface area contributed by atoms with E-state index in [0.29, 0.717) is 12.1 Å². The van der Waals surface area contributed by atoms with Crippen molar-refractivity contribution in [3.05, 3.63) is 59.4 Å². The summed E-state index contributed by atoms with van der Waals surface area (Å²) in [6.07, 6.45) is 1.43. The smallest absolute Gasteiger partial charge is 0.272 e. The number of aliphatic hydroxyl groups excluding tert-OH is 1. The van der Waals surface area contributed by atoms with Gasteiger partial charge in [0.2, 0.25) is 0 Å². The fourth-order valence-corrected chi connectivity index (χ4v) is 2.56. The number of nitrogens with zero attached hydrogens (tertiary/aromatic N) is 1. The predicted octanol–water partition coefficient (Wildman–Crippen LogP) is 1.05. The maximum absolute atomic E-state index is 12.2. The van der Waals surface area contributed by atoms with Gasteiger partial charge in [-0.05, 0) is 23.3 Å². The van der Waals surface area contributed by atoms with Crippen molar-refractivity contribution < 1.29 is 9.90 Å². The highest BCUT2D eigenvalue weighted by Crippen LogP contribution is 2.31. The summed E-state index contributed by atoms with van der Waals surface area (Å²) in [6, 6.07) is 10.6. The number of nitrogen functional groups attached to an aromatic ring is 1. The summed E-state index contributed by atoms with van der Waals surface area (Å²) in [5.41, 5.74) is 8.25. The van der Waals surface area contributed by atoms with E-state index in [1.807, 2.05) is 24.3 Å². The minimum Gasteiger partial charge on any atom is -0.397 e. The highest BCUT2D eigenvalue weighted by Gasteiger charge is 2.32. The molecular weight excluding hydrogens is 254 g/mol. The first-order chi connectivity index (χ1) is 9.66. The third kappa shape index (κ3) is 2.12. The number of hydrogen-bond acceptors (Lipinski definition) is 4. The summed E-state index contributed by atoms with van der Waals surface area (Å²) in [6.45, 7) is 0. The van der Waals surface area contributed by atoms with Gasteiger partial charge in [0, 0.05) is 12.6 Å². The number of fused-ring (bicyclic) bond motifs is 1. The summed E-state index contributed by atoms with van der Waals surface area (Å²) in [7, 11) is 0. The van der Waals surface area contributed by atoms with E-state index >= 15 is 0 Å². The second-order valence-corrected chi connectivity index (χ2v) is 4.86. The molecule has 0 aliphatic heterocycles. The van der Waals surface area contributed by atoms with Gasteiger partial charge in [0.25, 0.3) is 5.91 Å². The number of amides is 1. The van der Waals surface area contributed by atoms with Crippen molar-refractivity contribution in [1.29, 1.82) is 0 Å². The molecule has 0 saturated carbocycles. The first kappa shape index (κ1) is 12.6. The fourth-order valence-electron chi connectivity index (χ4n) is 2.56. The number of carbonyl (C=O) groups excluding carboxylic acids is 1. The molecule has 0 spiro atoms. The molecule has 4 N–H and O–H groups in total. The van der Waals surface area contributed by atoms with Crippen LogP contribution in [0.4, 0.5) is 5.69 Å². The van der Waals surface area contributed by atoms with Gasteiger partial charge >= 0.3 is 0 Å². The third-order valence-electron chi connectivity index (χ3n) is 3.54. The average Bonchev–Trinajstić information content (AvgIpc) is 2.76. The standard InChI is InChI=1S/C15H15N3O2/c16-11-6-3-7-17-14(11)15(20)18-13-10-5-2-1-4-9(10)8-12(13)19/h1-7,12-13,19H,8,16H2,(H,18,20)/t12-,13+/m1/s1. The van der Waals surface area contributed by atoms with Crippen molar-refractivity contribution in [2.75, 3.05) is 5.73 Å². The van der Waals surface area contributed by atoms with Crippen molar-refractivity contribution in [3.8, 4) is 0 Å². The Labute approximate surface area is 116 Å². The number of nitrogens with two attached hydrogens (primary N) is 1. The summed E-state index contributed by atoms with van der Waals surface area (Å²) in [5.74, 6) is -0.371. The van der Waals surface area contributed by atoms with Gasteiger partial charge < -0.3 is 16.2 Å². The van der Waals surface area contributed by atoms with Crippen molar-refractivity contribution in [1.82, 2.24) is 10.3 Å².